The zero-order chi connectivity index (χ0) is 11.5. The van der Waals surface area contributed by atoms with Crippen LogP contribution in [0.2, 0.25) is 0 Å². The van der Waals surface area contributed by atoms with Gasteiger partial charge in [-0.1, -0.05) is 11.3 Å². The highest BCUT2D eigenvalue weighted by Gasteiger charge is 2.10. The number of hydrogen-bond acceptors (Lipinski definition) is 7. The molecule has 0 aliphatic heterocycles. The van der Waals surface area contributed by atoms with E-state index in [1.165, 1.54) is 0 Å². The third kappa shape index (κ3) is 2.55. The van der Waals surface area contributed by atoms with Crippen LogP contribution in [0.25, 0.3) is 9.88 Å². The molecule has 0 radical (unpaired) electrons. The van der Waals surface area contributed by atoms with Crippen LogP contribution in [-0.4, -0.2) is 41.2 Å². The lowest BCUT2D eigenvalue weighted by Crippen LogP contribution is -2.09. The molecule has 0 aliphatic carbocycles. The summed E-state index contributed by atoms with van der Waals surface area (Å²) in [5.74, 6) is 0. The molecule has 2 rings (SSSR count). The van der Waals surface area contributed by atoms with E-state index in [4.69, 9.17) is 0 Å². The first-order valence-electron chi connectivity index (χ1n) is 4.80. The molecule has 2 aromatic rings. The smallest absolute Gasteiger partial charge is 0.205 e. The van der Waals surface area contributed by atoms with E-state index in [9.17, 15) is 0 Å². The molecular weight excluding hydrogens is 242 g/mol. The summed E-state index contributed by atoms with van der Waals surface area (Å²) < 4.78 is 0. The molecule has 0 atom stereocenters. The normalized spacial score (nSPS) is 11.0. The van der Waals surface area contributed by atoms with Crippen LogP contribution < -0.4 is 5.32 Å². The SMILES string of the molecule is CNc1nnc(-c2cnc(CN(C)C)s2)s1. The molecule has 0 spiro atoms. The van der Waals surface area contributed by atoms with Crippen molar-refractivity contribution in [3.8, 4) is 9.88 Å². The number of anilines is 1. The fourth-order valence-electron chi connectivity index (χ4n) is 1.18. The van der Waals surface area contributed by atoms with Crippen molar-refractivity contribution in [1.82, 2.24) is 20.1 Å². The Kier molecular flexibility index (Phi) is 3.47. The predicted octanol–water partition coefficient (Wildman–Crippen LogP) is 1.76. The van der Waals surface area contributed by atoms with E-state index in [1.54, 1.807) is 22.7 Å². The predicted molar refractivity (Wildman–Crippen MR) is 68.0 cm³/mol. The third-order valence-corrected chi connectivity index (χ3v) is 3.95. The first-order valence-corrected chi connectivity index (χ1v) is 6.43. The van der Waals surface area contributed by atoms with Crippen molar-refractivity contribution >= 4 is 27.8 Å². The summed E-state index contributed by atoms with van der Waals surface area (Å²) in [7, 11) is 5.91. The quantitative estimate of drug-likeness (QED) is 0.902. The van der Waals surface area contributed by atoms with E-state index in [2.05, 4.69) is 25.4 Å². The molecule has 7 heteroatoms. The largest absolute Gasteiger partial charge is 0.363 e. The molecule has 0 aliphatic rings. The maximum atomic E-state index is 4.36. The van der Waals surface area contributed by atoms with Crippen LogP contribution >= 0.6 is 22.7 Å². The Bertz CT molecular complexity index is 462. The van der Waals surface area contributed by atoms with E-state index < -0.39 is 0 Å². The van der Waals surface area contributed by atoms with Crippen molar-refractivity contribution in [1.29, 1.82) is 0 Å². The van der Waals surface area contributed by atoms with Crippen LogP contribution in [0.3, 0.4) is 0 Å². The molecule has 0 fully saturated rings. The Balaban J connectivity index is 2.17. The Hall–Kier alpha value is -1.05. The van der Waals surface area contributed by atoms with E-state index in [0.717, 1.165) is 26.6 Å². The number of rotatable bonds is 4. The van der Waals surface area contributed by atoms with Gasteiger partial charge in [0.05, 0.1) is 4.88 Å². The molecule has 0 unspecified atom stereocenters. The standard InChI is InChI=1S/C9H13N5S2/c1-10-9-13-12-8(16-9)6-4-11-7(15-6)5-14(2)3/h4H,5H2,1-3H3,(H,10,13). The molecule has 0 amide bonds. The fourth-order valence-corrected chi connectivity index (χ4v) is 2.94. The summed E-state index contributed by atoms with van der Waals surface area (Å²) >= 11 is 3.21. The average molecular weight is 255 g/mol. The summed E-state index contributed by atoms with van der Waals surface area (Å²) in [5.41, 5.74) is 0. The molecule has 2 aromatic heterocycles. The number of nitrogens with one attached hydrogen (secondary N) is 1. The van der Waals surface area contributed by atoms with Crippen LogP contribution in [0.15, 0.2) is 6.20 Å². The topological polar surface area (TPSA) is 53.9 Å². The minimum Gasteiger partial charge on any atom is -0.363 e. The zero-order valence-corrected chi connectivity index (χ0v) is 11.0. The van der Waals surface area contributed by atoms with Gasteiger partial charge in [-0.2, -0.15) is 0 Å². The van der Waals surface area contributed by atoms with Crippen molar-refractivity contribution in [3.63, 3.8) is 0 Å². The van der Waals surface area contributed by atoms with Gasteiger partial charge in [0, 0.05) is 19.8 Å². The average Bonchev–Trinajstić information content (AvgIpc) is 2.83. The van der Waals surface area contributed by atoms with Gasteiger partial charge < -0.3 is 10.2 Å². The number of hydrogen-bond donors (Lipinski definition) is 1. The lowest BCUT2D eigenvalue weighted by Gasteiger charge is -2.04. The van der Waals surface area contributed by atoms with E-state index in [1.807, 2.05) is 27.3 Å². The summed E-state index contributed by atoms with van der Waals surface area (Å²) in [5, 5.41) is 13.9. The highest BCUT2D eigenvalue weighted by molar-refractivity contribution is 7.23. The molecule has 86 valence electrons. The van der Waals surface area contributed by atoms with Crippen LogP contribution in [0.4, 0.5) is 5.13 Å². The van der Waals surface area contributed by atoms with Gasteiger partial charge >= 0.3 is 0 Å². The summed E-state index contributed by atoms with van der Waals surface area (Å²) in [4.78, 5) is 7.54. The second kappa shape index (κ2) is 4.86. The van der Waals surface area contributed by atoms with E-state index >= 15 is 0 Å². The Morgan fingerprint density at radius 3 is 2.75 bits per heavy atom. The Labute approximate surface area is 102 Å². The first-order chi connectivity index (χ1) is 7.69. The lowest BCUT2D eigenvalue weighted by molar-refractivity contribution is 0.401. The number of thiazole rings is 1. The van der Waals surface area contributed by atoms with Gasteiger partial charge in [-0.25, -0.2) is 4.98 Å². The minimum atomic E-state index is 0.831. The molecule has 0 aromatic carbocycles. The fraction of sp³-hybridized carbons (Fsp3) is 0.444. The molecular formula is C9H13N5S2. The zero-order valence-electron chi connectivity index (χ0n) is 9.39. The third-order valence-electron chi connectivity index (χ3n) is 1.85. The molecule has 0 bridgehead atoms. The highest BCUT2D eigenvalue weighted by atomic mass is 32.1. The number of aromatic nitrogens is 3. The van der Waals surface area contributed by atoms with E-state index in [0.29, 0.717) is 0 Å². The summed E-state index contributed by atoms with van der Waals surface area (Å²) in [6.07, 6.45) is 1.86. The lowest BCUT2D eigenvalue weighted by atomic mass is 10.6. The van der Waals surface area contributed by atoms with Crippen LogP contribution in [0, 0.1) is 0 Å². The monoisotopic (exact) mass is 255 g/mol. The summed E-state index contributed by atoms with van der Waals surface area (Å²) in [6, 6.07) is 0. The molecule has 2 heterocycles. The molecule has 16 heavy (non-hydrogen) atoms. The van der Waals surface area contributed by atoms with Gasteiger partial charge in [-0.3, -0.25) is 0 Å². The van der Waals surface area contributed by atoms with Gasteiger partial charge in [-0.05, 0) is 14.1 Å². The molecule has 1 N–H and O–H groups in total. The Morgan fingerprint density at radius 1 is 1.31 bits per heavy atom. The summed E-state index contributed by atoms with van der Waals surface area (Å²) in [6.45, 7) is 0.863. The van der Waals surface area contributed by atoms with Gasteiger partial charge in [0.2, 0.25) is 5.13 Å². The molecule has 0 saturated carbocycles. The highest BCUT2D eigenvalue weighted by Crippen LogP contribution is 2.30. The van der Waals surface area contributed by atoms with Gasteiger partial charge in [-0.15, -0.1) is 21.5 Å². The van der Waals surface area contributed by atoms with Crippen molar-refractivity contribution < 1.29 is 0 Å². The van der Waals surface area contributed by atoms with Crippen molar-refractivity contribution in [2.24, 2.45) is 0 Å². The maximum absolute atomic E-state index is 4.36. The van der Waals surface area contributed by atoms with Crippen LogP contribution in [0.5, 0.6) is 0 Å². The van der Waals surface area contributed by atoms with Gasteiger partial charge in [0.15, 0.2) is 5.01 Å². The van der Waals surface area contributed by atoms with Crippen molar-refractivity contribution in [3.05, 3.63) is 11.2 Å². The maximum Gasteiger partial charge on any atom is 0.205 e. The molecule has 5 nitrogen and oxygen atoms in total. The van der Waals surface area contributed by atoms with Gasteiger partial charge in [0.25, 0.3) is 0 Å². The minimum absolute atomic E-state index is 0.831. The second-order valence-electron chi connectivity index (χ2n) is 3.52. The Morgan fingerprint density at radius 2 is 2.12 bits per heavy atom. The molecule has 0 saturated heterocycles. The van der Waals surface area contributed by atoms with Crippen LogP contribution in [0.1, 0.15) is 5.01 Å². The van der Waals surface area contributed by atoms with E-state index in [-0.39, 0.29) is 0 Å². The first kappa shape index (κ1) is 11.4. The number of nitrogens with zero attached hydrogens (tertiary/aromatic N) is 4. The second-order valence-corrected chi connectivity index (χ2v) is 5.61. The van der Waals surface area contributed by atoms with Crippen molar-refractivity contribution in [2.45, 2.75) is 6.54 Å². The van der Waals surface area contributed by atoms with Gasteiger partial charge in [0.1, 0.15) is 5.01 Å². The van der Waals surface area contributed by atoms with Crippen LogP contribution in [-0.2, 0) is 6.54 Å². The van der Waals surface area contributed by atoms with Crippen molar-refractivity contribution in [2.75, 3.05) is 26.5 Å².